The summed E-state index contributed by atoms with van der Waals surface area (Å²) in [4.78, 5) is 16.8. The predicted molar refractivity (Wildman–Crippen MR) is 126 cm³/mol. The maximum Gasteiger partial charge on any atom is 0.294 e. The molecule has 32 heavy (non-hydrogen) atoms. The zero-order valence-electron chi connectivity index (χ0n) is 17.9. The average molecular weight is 499 g/mol. The van der Waals surface area contributed by atoms with E-state index < -0.39 is 0 Å². The van der Waals surface area contributed by atoms with Crippen LogP contribution in [0.3, 0.4) is 0 Å². The second-order valence-electron chi connectivity index (χ2n) is 8.64. The Morgan fingerprint density at radius 3 is 2.59 bits per heavy atom. The van der Waals surface area contributed by atoms with E-state index in [0.29, 0.717) is 37.1 Å². The molecule has 1 atom stereocenters. The van der Waals surface area contributed by atoms with Gasteiger partial charge in [-0.05, 0) is 83.1 Å². The minimum Gasteiger partial charge on any atom is -0.491 e. The highest BCUT2D eigenvalue weighted by Gasteiger charge is 2.28. The predicted octanol–water partition coefficient (Wildman–Crippen LogP) is 4.08. The summed E-state index contributed by atoms with van der Waals surface area (Å²) >= 11 is 3.56. The Morgan fingerprint density at radius 2 is 1.91 bits per heavy atom. The first-order valence-electron chi connectivity index (χ1n) is 11.2. The van der Waals surface area contributed by atoms with Crippen molar-refractivity contribution in [3.63, 3.8) is 0 Å². The van der Waals surface area contributed by atoms with Crippen molar-refractivity contribution in [1.29, 1.82) is 0 Å². The molecule has 2 aromatic carbocycles. The van der Waals surface area contributed by atoms with Gasteiger partial charge < -0.3 is 19.5 Å². The van der Waals surface area contributed by atoms with Gasteiger partial charge in [-0.1, -0.05) is 12.1 Å². The van der Waals surface area contributed by atoms with Gasteiger partial charge in [-0.25, -0.2) is 0 Å². The monoisotopic (exact) mass is 498 g/mol. The van der Waals surface area contributed by atoms with E-state index in [9.17, 15) is 9.90 Å². The highest BCUT2D eigenvalue weighted by Crippen LogP contribution is 2.40. The number of likely N-dealkylation sites (tertiary alicyclic amines) is 1. The molecule has 5 rings (SSSR count). The standard InChI is InChI=1S/C25H27BrN2O4/c26-22-15-19(5-8-23(22)31-14-13-27-11-9-20(29)16-27)28-12-10-24(25(28)30)32-21-6-3-18(4-7-21)17-1-2-17/h3-8,10,15,17,20,29H,1-2,9,11-14,16H2/t20-/m0/s1. The molecule has 2 fully saturated rings. The summed E-state index contributed by atoms with van der Waals surface area (Å²) in [5, 5.41) is 9.61. The van der Waals surface area contributed by atoms with Gasteiger partial charge in [-0.15, -0.1) is 0 Å². The molecule has 0 aromatic heterocycles. The van der Waals surface area contributed by atoms with Gasteiger partial charge in [0.15, 0.2) is 5.76 Å². The number of nitrogens with zero attached hydrogens (tertiary/aromatic N) is 2. The maximum absolute atomic E-state index is 12.9. The molecule has 0 radical (unpaired) electrons. The van der Waals surface area contributed by atoms with Gasteiger partial charge in [0.05, 0.1) is 10.6 Å². The third kappa shape index (κ3) is 4.85. The zero-order valence-corrected chi connectivity index (χ0v) is 19.5. The number of halogens is 1. The summed E-state index contributed by atoms with van der Waals surface area (Å²) in [6.45, 7) is 3.42. The van der Waals surface area contributed by atoms with E-state index in [1.807, 2.05) is 36.4 Å². The Labute approximate surface area is 196 Å². The molecule has 6 nitrogen and oxygen atoms in total. The van der Waals surface area contributed by atoms with Crippen LogP contribution in [0.25, 0.3) is 0 Å². The summed E-state index contributed by atoms with van der Waals surface area (Å²) in [6.07, 6.45) is 4.96. The zero-order chi connectivity index (χ0) is 22.1. The lowest BCUT2D eigenvalue weighted by Gasteiger charge is -2.19. The number of carbonyl (C=O) groups excluding carboxylic acids is 1. The molecule has 0 unspecified atom stereocenters. The number of β-amino-alcohol motifs (C(OH)–C–C–N with tert-alkyl or cyclic N) is 1. The molecular weight excluding hydrogens is 472 g/mol. The summed E-state index contributed by atoms with van der Waals surface area (Å²) < 4.78 is 12.6. The van der Waals surface area contributed by atoms with Crippen molar-refractivity contribution in [2.45, 2.75) is 31.3 Å². The van der Waals surface area contributed by atoms with Crippen LogP contribution in [0, 0.1) is 0 Å². The second kappa shape index (κ2) is 9.25. The van der Waals surface area contributed by atoms with Gasteiger partial charge in [0, 0.05) is 31.9 Å². The molecule has 1 N–H and O–H groups in total. The van der Waals surface area contributed by atoms with Gasteiger partial charge in [-0.2, -0.15) is 0 Å². The van der Waals surface area contributed by atoms with Crippen LogP contribution >= 0.6 is 15.9 Å². The topological polar surface area (TPSA) is 62.2 Å². The van der Waals surface area contributed by atoms with Crippen molar-refractivity contribution in [2.24, 2.45) is 0 Å². The Bertz CT molecular complexity index is 1020. The largest absolute Gasteiger partial charge is 0.491 e. The van der Waals surface area contributed by atoms with Gasteiger partial charge >= 0.3 is 0 Å². The SMILES string of the molecule is O=C1C(Oc2ccc(C3CC3)cc2)=CCN1c1ccc(OCCN2CC[C@H](O)C2)c(Br)c1. The van der Waals surface area contributed by atoms with Gasteiger partial charge in [0.1, 0.15) is 18.1 Å². The molecule has 3 aliphatic rings. The van der Waals surface area contributed by atoms with E-state index in [4.69, 9.17) is 9.47 Å². The number of ether oxygens (including phenoxy) is 2. The highest BCUT2D eigenvalue weighted by atomic mass is 79.9. The Hall–Kier alpha value is -2.35. The number of benzene rings is 2. The summed E-state index contributed by atoms with van der Waals surface area (Å²) in [5.41, 5.74) is 2.13. The molecule has 1 amide bonds. The van der Waals surface area contributed by atoms with E-state index in [2.05, 4.69) is 33.0 Å². The lowest BCUT2D eigenvalue weighted by Crippen LogP contribution is -2.28. The molecule has 2 aromatic rings. The molecule has 2 heterocycles. The minimum atomic E-state index is -0.219. The molecule has 1 saturated heterocycles. The van der Waals surface area contributed by atoms with Crippen LogP contribution in [0.15, 0.2) is 58.8 Å². The minimum absolute atomic E-state index is 0.149. The Balaban J connectivity index is 1.16. The van der Waals surface area contributed by atoms with Crippen LogP contribution in [0.4, 0.5) is 5.69 Å². The summed E-state index contributed by atoms with van der Waals surface area (Å²) in [7, 11) is 0. The fourth-order valence-electron chi connectivity index (χ4n) is 4.21. The number of hydrogen-bond donors (Lipinski definition) is 1. The van der Waals surface area contributed by atoms with E-state index in [-0.39, 0.29) is 12.0 Å². The summed E-state index contributed by atoms with van der Waals surface area (Å²) in [6, 6.07) is 13.7. The molecule has 0 spiro atoms. The first kappa shape index (κ1) is 21.5. The molecule has 0 bridgehead atoms. The number of carbonyl (C=O) groups is 1. The molecular formula is C25H27BrN2O4. The quantitative estimate of drug-likeness (QED) is 0.593. The summed E-state index contributed by atoms with van der Waals surface area (Å²) in [5.74, 6) is 2.33. The lowest BCUT2D eigenvalue weighted by atomic mass is 10.1. The van der Waals surface area contributed by atoms with Crippen molar-refractivity contribution < 1.29 is 19.4 Å². The molecule has 2 aliphatic heterocycles. The lowest BCUT2D eigenvalue weighted by molar-refractivity contribution is -0.116. The molecule has 7 heteroatoms. The number of amides is 1. The van der Waals surface area contributed by atoms with Crippen LogP contribution in [0.5, 0.6) is 11.5 Å². The van der Waals surface area contributed by atoms with Crippen molar-refractivity contribution in [3.8, 4) is 11.5 Å². The molecule has 1 saturated carbocycles. The van der Waals surface area contributed by atoms with Crippen LogP contribution in [0.1, 0.15) is 30.7 Å². The highest BCUT2D eigenvalue weighted by molar-refractivity contribution is 9.10. The number of aliphatic hydroxyl groups excluding tert-OH is 1. The number of aliphatic hydroxyl groups is 1. The van der Waals surface area contributed by atoms with Crippen molar-refractivity contribution in [1.82, 2.24) is 4.90 Å². The van der Waals surface area contributed by atoms with Crippen molar-refractivity contribution in [3.05, 3.63) is 64.3 Å². The molecule has 1 aliphatic carbocycles. The third-order valence-electron chi connectivity index (χ3n) is 6.21. The van der Waals surface area contributed by atoms with E-state index >= 15 is 0 Å². The van der Waals surface area contributed by atoms with Crippen molar-refractivity contribution >= 4 is 27.5 Å². The maximum atomic E-state index is 12.9. The Kier molecular flexibility index (Phi) is 6.22. The fraction of sp³-hybridized carbons (Fsp3) is 0.400. The smallest absolute Gasteiger partial charge is 0.294 e. The van der Waals surface area contributed by atoms with E-state index in [1.54, 1.807) is 4.90 Å². The fourth-order valence-corrected chi connectivity index (χ4v) is 4.69. The number of rotatable bonds is 8. The molecule has 168 valence electrons. The number of anilines is 1. The number of hydrogen-bond acceptors (Lipinski definition) is 5. The first-order chi connectivity index (χ1) is 15.6. The van der Waals surface area contributed by atoms with Gasteiger partial charge in [-0.3, -0.25) is 9.69 Å². The van der Waals surface area contributed by atoms with Gasteiger partial charge in [0.25, 0.3) is 5.91 Å². The third-order valence-corrected chi connectivity index (χ3v) is 6.83. The van der Waals surface area contributed by atoms with E-state index in [0.717, 1.165) is 35.4 Å². The second-order valence-corrected chi connectivity index (χ2v) is 9.49. The first-order valence-corrected chi connectivity index (χ1v) is 12.0. The van der Waals surface area contributed by atoms with Crippen molar-refractivity contribution in [2.75, 3.05) is 37.7 Å². The van der Waals surface area contributed by atoms with Gasteiger partial charge in [0.2, 0.25) is 0 Å². The van der Waals surface area contributed by atoms with Crippen LogP contribution < -0.4 is 14.4 Å². The van der Waals surface area contributed by atoms with Crippen LogP contribution in [0.2, 0.25) is 0 Å². The average Bonchev–Trinajstić information content (AvgIpc) is 3.47. The van der Waals surface area contributed by atoms with Crippen LogP contribution in [-0.2, 0) is 4.79 Å². The van der Waals surface area contributed by atoms with E-state index in [1.165, 1.54) is 18.4 Å². The van der Waals surface area contributed by atoms with Crippen LogP contribution in [-0.4, -0.2) is 54.8 Å². The normalized spacial score (nSPS) is 21.2. The Morgan fingerprint density at radius 1 is 1.09 bits per heavy atom.